The standard InChI is InChI=1S/C21H31N3O2.C2HF3O2/c25-20(18-4-15-26-16-5-18)24-13-8-21(9-14-24)6-11-23(12-7-21)17-19-3-1-2-10-22-19;3-2(4,5)1(6)7/h1-3,10,18H,4-9,11-17H2;(H,6,7). The van der Waals surface area contributed by atoms with Gasteiger partial charge < -0.3 is 14.7 Å². The number of carboxylic acids is 1. The number of halogens is 3. The number of piperidine rings is 2. The average molecular weight is 472 g/mol. The van der Waals surface area contributed by atoms with Crippen molar-refractivity contribution in [3.05, 3.63) is 30.1 Å². The summed E-state index contributed by atoms with van der Waals surface area (Å²) in [7, 11) is 0. The molecular formula is C23H32F3N3O4. The summed E-state index contributed by atoms with van der Waals surface area (Å²) in [6.07, 6.45) is 3.49. The lowest BCUT2D eigenvalue weighted by molar-refractivity contribution is -0.192. The SMILES string of the molecule is O=C(C1CCOCC1)N1CCC2(CCN(Cc3ccccn3)CC2)CC1.O=C(O)C(F)(F)F. The van der Waals surface area contributed by atoms with Crippen LogP contribution in [0, 0.1) is 11.3 Å². The summed E-state index contributed by atoms with van der Waals surface area (Å²) in [5.41, 5.74) is 1.63. The van der Waals surface area contributed by atoms with Crippen molar-refractivity contribution >= 4 is 11.9 Å². The fourth-order valence-corrected chi connectivity index (χ4v) is 4.81. The van der Waals surface area contributed by atoms with Crippen molar-refractivity contribution < 1.29 is 32.6 Å². The molecule has 0 radical (unpaired) electrons. The number of amides is 1. The molecule has 0 aromatic carbocycles. The van der Waals surface area contributed by atoms with E-state index >= 15 is 0 Å². The molecule has 1 aromatic heterocycles. The molecule has 10 heteroatoms. The maximum atomic E-state index is 12.7. The Balaban J connectivity index is 0.000000383. The monoisotopic (exact) mass is 471 g/mol. The van der Waals surface area contributed by atoms with Gasteiger partial charge in [0.15, 0.2) is 0 Å². The first-order valence-corrected chi connectivity index (χ1v) is 11.5. The molecule has 3 fully saturated rings. The van der Waals surface area contributed by atoms with Crippen LogP contribution in [0.25, 0.3) is 0 Å². The third kappa shape index (κ3) is 7.40. The molecule has 3 aliphatic heterocycles. The van der Waals surface area contributed by atoms with Gasteiger partial charge in [-0.05, 0) is 69.2 Å². The Bertz CT molecular complexity index is 767. The third-order valence-corrected chi connectivity index (χ3v) is 6.98. The first-order valence-electron chi connectivity index (χ1n) is 11.5. The van der Waals surface area contributed by atoms with Gasteiger partial charge >= 0.3 is 12.1 Å². The number of pyridine rings is 1. The molecule has 1 spiro atoms. The number of hydrogen-bond acceptors (Lipinski definition) is 5. The number of rotatable bonds is 3. The van der Waals surface area contributed by atoms with Gasteiger partial charge in [0.1, 0.15) is 0 Å². The van der Waals surface area contributed by atoms with Crippen molar-refractivity contribution in [1.29, 1.82) is 0 Å². The molecular weight excluding hydrogens is 439 g/mol. The van der Waals surface area contributed by atoms with Gasteiger partial charge in [-0.3, -0.25) is 14.7 Å². The van der Waals surface area contributed by atoms with E-state index in [9.17, 15) is 18.0 Å². The second-order valence-electron chi connectivity index (χ2n) is 9.11. The van der Waals surface area contributed by atoms with E-state index in [1.165, 1.54) is 31.4 Å². The fourth-order valence-electron chi connectivity index (χ4n) is 4.81. The number of aromatic nitrogens is 1. The van der Waals surface area contributed by atoms with Crippen LogP contribution in [0.1, 0.15) is 44.2 Å². The lowest BCUT2D eigenvalue weighted by Crippen LogP contribution is -2.49. The van der Waals surface area contributed by atoms with Crippen molar-refractivity contribution in [2.24, 2.45) is 11.3 Å². The molecule has 0 unspecified atom stereocenters. The zero-order chi connectivity index (χ0) is 23.9. The highest BCUT2D eigenvalue weighted by molar-refractivity contribution is 5.79. The number of carbonyl (C=O) groups excluding carboxylic acids is 1. The number of ether oxygens (including phenoxy) is 1. The molecule has 1 aromatic rings. The van der Waals surface area contributed by atoms with Crippen molar-refractivity contribution in [3.8, 4) is 0 Å². The molecule has 7 nitrogen and oxygen atoms in total. The van der Waals surface area contributed by atoms with E-state index in [0.29, 0.717) is 11.3 Å². The number of alkyl halides is 3. The Morgan fingerprint density at radius 2 is 1.64 bits per heavy atom. The van der Waals surface area contributed by atoms with Crippen molar-refractivity contribution in [1.82, 2.24) is 14.8 Å². The molecule has 1 amide bonds. The molecule has 4 heterocycles. The topological polar surface area (TPSA) is 83.0 Å². The predicted molar refractivity (Wildman–Crippen MR) is 114 cm³/mol. The summed E-state index contributed by atoms with van der Waals surface area (Å²) in [6.45, 7) is 6.69. The third-order valence-electron chi connectivity index (χ3n) is 6.98. The molecule has 1 N–H and O–H groups in total. The lowest BCUT2D eigenvalue weighted by Gasteiger charge is -2.47. The Kier molecular flexibility index (Phi) is 8.69. The van der Waals surface area contributed by atoms with E-state index < -0.39 is 12.1 Å². The first-order chi connectivity index (χ1) is 15.7. The number of carboxylic acid groups (broad SMARTS) is 1. The maximum absolute atomic E-state index is 12.7. The molecule has 184 valence electrons. The van der Waals surface area contributed by atoms with Crippen LogP contribution in [0.5, 0.6) is 0 Å². The first kappa shape index (κ1) is 25.4. The van der Waals surface area contributed by atoms with Crippen molar-refractivity contribution in [3.63, 3.8) is 0 Å². The molecule has 33 heavy (non-hydrogen) atoms. The molecule has 3 saturated heterocycles. The van der Waals surface area contributed by atoms with Crippen LogP contribution in [-0.4, -0.2) is 77.3 Å². The number of nitrogens with zero attached hydrogens (tertiary/aromatic N) is 3. The molecule has 0 saturated carbocycles. The summed E-state index contributed by atoms with van der Waals surface area (Å²) in [6, 6.07) is 6.16. The molecule has 4 rings (SSSR count). The Morgan fingerprint density at radius 3 is 2.15 bits per heavy atom. The van der Waals surface area contributed by atoms with E-state index in [-0.39, 0.29) is 5.92 Å². The minimum Gasteiger partial charge on any atom is -0.475 e. The van der Waals surface area contributed by atoms with E-state index in [1.807, 2.05) is 12.3 Å². The molecule has 3 aliphatic rings. The molecule has 0 aliphatic carbocycles. The number of carbonyl (C=O) groups is 2. The predicted octanol–water partition coefficient (Wildman–Crippen LogP) is 3.35. The average Bonchev–Trinajstić information content (AvgIpc) is 2.82. The second kappa shape index (κ2) is 11.3. The highest BCUT2D eigenvalue weighted by atomic mass is 19.4. The van der Waals surface area contributed by atoms with Gasteiger partial charge in [-0.25, -0.2) is 4.79 Å². The maximum Gasteiger partial charge on any atom is 0.490 e. The minimum absolute atomic E-state index is 0.206. The van der Waals surface area contributed by atoms with Gasteiger partial charge in [-0.15, -0.1) is 0 Å². The highest BCUT2D eigenvalue weighted by Crippen LogP contribution is 2.41. The minimum atomic E-state index is -5.08. The van der Waals surface area contributed by atoms with Crippen LogP contribution >= 0.6 is 0 Å². The number of likely N-dealkylation sites (tertiary alicyclic amines) is 2. The van der Waals surface area contributed by atoms with Crippen LogP contribution in [0.15, 0.2) is 24.4 Å². The Hall–Kier alpha value is -2.20. The van der Waals surface area contributed by atoms with Crippen LogP contribution in [0.2, 0.25) is 0 Å². The number of hydrogen-bond donors (Lipinski definition) is 1. The van der Waals surface area contributed by atoms with Crippen molar-refractivity contribution in [2.45, 2.75) is 51.2 Å². The van der Waals surface area contributed by atoms with Crippen LogP contribution in [-0.2, 0) is 20.9 Å². The molecule has 0 atom stereocenters. The van der Waals surface area contributed by atoms with Crippen molar-refractivity contribution in [2.75, 3.05) is 39.4 Å². The van der Waals surface area contributed by atoms with Crippen LogP contribution in [0.4, 0.5) is 13.2 Å². The quantitative estimate of drug-likeness (QED) is 0.728. The van der Waals surface area contributed by atoms with E-state index in [0.717, 1.165) is 58.8 Å². The van der Waals surface area contributed by atoms with E-state index in [4.69, 9.17) is 14.6 Å². The smallest absolute Gasteiger partial charge is 0.475 e. The Morgan fingerprint density at radius 1 is 1.06 bits per heavy atom. The summed E-state index contributed by atoms with van der Waals surface area (Å²) >= 11 is 0. The summed E-state index contributed by atoms with van der Waals surface area (Å²) in [4.78, 5) is 30.8. The van der Waals surface area contributed by atoms with Gasteiger partial charge in [-0.2, -0.15) is 13.2 Å². The van der Waals surface area contributed by atoms with Gasteiger partial charge in [-0.1, -0.05) is 6.07 Å². The zero-order valence-corrected chi connectivity index (χ0v) is 18.7. The van der Waals surface area contributed by atoms with Crippen LogP contribution in [0.3, 0.4) is 0 Å². The molecule has 0 bridgehead atoms. The summed E-state index contributed by atoms with van der Waals surface area (Å²) < 4.78 is 37.1. The van der Waals surface area contributed by atoms with Gasteiger partial charge in [0.25, 0.3) is 0 Å². The van der Waals surface area contributed by atoms with Gasteiger partial charge in [0.2, 0.25) is 5.91 Å². The largest absolute Gasteiger partial charge is 0.490 e. The highest BCUT2D eigenvalue weighted by Gasteiger charge is 2.40. The lowest BCUT2D eigenvalue weighted by atomic mass is 9.71. The summed E-state index contributed by atoms with van der Waals surface area (Å²) in [5.74, 6) is -2.17. The van der Waals surface area contributed by atoms with Gasteiger partial charge in [0, 0.05) is 45.0 Å². The number of aliphatic carboxylic acids is 1. The fraction of sp³-hybridized carbons (Fsp3) is 0.696. The van der Waals surface area contributed by atoms with E-state index in [1.54, 1.807) is 0 Å². The second-order valence-corrected chi connectivity index (χ2v) is 9.11. The van der Waals surface area contributed by atoms with E-state index in [2.05, 4.69) is 26.9 Å². The van der Waals surface area contributed by atoms with Gasteiger partial charge in [0.05, 0.1) is 5.69 Å². The summed E-state index contributed by atoms with van der Waals surface area (Å²) in [5, 5.41) is 7.12. The van der Waals surface area contributed by atoms with Crippen LogP contribution < -0.4 is 0 Å². The normalized spacial score (nSPS) is 21.8. The zero-order valence-electron chi connectivity index (χ0n) is 18.7. The Labute approximate surface area is 191 Å².